The largest absolute Gasteiger partial charge is 0.352 e. The highest BCUT2D eigenvalue weighted by Crippen LogP contribution is 2.18. The van der Waals surface area contributed by atoms with Gasteiger partial charge in [-0.1, -0.05) is 0 Å². The lowest BCUT2D eigenvalue weighted by Crippen LogP contribution is -2.28. The third-order valence-corrected chi connectivity index (χ3v) is 2.36. The molecule has 0 spiro atoms. The van der Waals surface area contributed by atoms with Crippen LogP contribution in [0, 0.1) is 0 Å². The van der Waals surface area contributed by atoms with E-state index in [9.17, 15) is 4.79 Å². The fraction of sp³-hybridized carbons (Fsp3) is 0.600. The summed E-state index contributed by atoms with van der Waals surface area (Å²) in [5.74, 6) is 0.0641. The second kappa shape index (κ2) is 4.44. The maximum absolute atomic E-state index is 11.4. The van der Waals surface area contributed by atoms with Gasteiger partial charge in [0.2, 0.25) is 5.91 Å². The standard InChI is InChI=1S/C10H16N4O/c11-4-3-9-5-14(7-12-9)6-10(15)13-8-1-2-8/h5,7-8H,1-4,6,11H2,(H,13,15). The van der Waals surface area contributed by atoms with Crippen LogP contribution in [0.3, 0.4) is 0 Å². The molecule has 0 saturated heterocycles. The van der Waals surface area contributed by atoms with Crippen LogP contribution >= 0.6 is 0 Å². The van der Waals surface area contributed by atoms with Crippen LogP contribution in [-0.2, 0) is 17.8 Å². The lowest BCUT2D eigenvalue weighted by molar-refractivity contribution is -0.121. The van der Waals surface area contributed by atoms with Crippen molar-refractivity contribution in [3.8, 4) is 0 Å². The summed E-state index contributed by atoms with van der Waals surface area (Å²) in [6.45, 7) is 0.944. The van der Waals surface area contributed by atoms with Gasteiger partial charge in [-0.25, -0.2) is 4.98 Å². The zero-order valence-electron chi connectivity index (χ0n) is 8.65. The van der Waals surface area contributed by atoms with Gasteiger partial charge in [-0.05, 0) is 19.4 Å². The minimum atomic E-state index is 0.0641. The van der Waals surface area contributed by atoms with Gasteiger partial charge in [0.15, 0.2) is 0 Å². The van der Waals surface area contributed by atoms with Crippen molar-refractivity contribution < 1.29 is 4.79 Å². The predicted octanol–water partition coefficient (Wildman–Crippen LogP) is -0.337. The highest BCUT2D eigenvalue weighted by Gasteiger charge is 2.23. The molecule has 1 saturated carbocycles. The van der Waals surface area contributed by atoms with E-state index in [0.717, 1.165) is 25.0 Å². The van der Waals surface area contributed by atoms with Gasteiger partial charge in [0.1, 0.15) is 6.54 Å². The summed E-state index contributed by atoms with van der Waals surface area (Å²) in [6, 6.07) is 0.421. The Morgan fingerprint density at radius 2 is 2.47 bits per heavy atom. The first-order valence-electron chi connectivity index (χ1n) is 5.28. The Kier molecular flexibility index (Phi) is 3.01. The van der Waals surface area contributed by atoms with Crippen molar-refractivity contribution in [2.75, 3.05) is 6.54 Å². The maximum Gasteiger partial charge on any atom is 0.240 e. The Balaban J connectivity index is 1.83. The molecule has 5 heteroatoms. The van der Waals surface area contributed by atoms with Crippen LogP contribution in [-0.4, -0.2) is 28.0 Å². The van der Waals surface area contributed by atoms with Crippen molar-refractivity contribution in [2.24, 2.45) is 5.73 Å². The smallest absolute Gasteiger partial charge is 0.240 e. The quantitative estimate of drug-likeness (QED) is 0.695. The van der Waals surface area contributed by atoms with Gasteiger partial charge in [-0.15, -0.1) is 0 Å². The average molecular weight is 208 g/mol. The number of nitrogens with zero attached hydrogens (tertiary/aromatic N) is 2. The van der Waals surface area contributed by atoms with E-state index < -0.39 is 0 Å². The number of nitrogens with one attached hydrogen (secondary N) is 1. The predicted molar refractivity (Wildman–Crippen MR) is 56.2 cm³/mol. The molecule has 0 bridgehead atoms. The van der Waals surface area contributed by atoms with Gasteiger partial charge < -0.3 is 15.6 Å². The van der Waals surface area contributed by atoms with Crippen LogP contribution in [0.5, 0.6) is 0 Å². The maximum atomic E-state index is 11.4. The summed E-state index contributed by atoms with van der Waals surface area (Å²) in [7, 11) is 0. The fourth-order valence-electron chi connectivity index (χ4n) is 1.44. The van der Waals surface area contributed by atoms with Crippen LogP contribution in [0.2, 0.25) is 0 Å². The normalized spacial score (nSPS) is 15.3. The van der Waals surface area contributed by atoms with Crippen molar-refractivity contribution in [3.05, 3.63) is 18.2 Å². The molecule has 15 heavy (non-hydrogen) atoms. The second-order valence-corrected chi connectivity index (χ2v) is 3.92. The summed E-state index contributed by atoms with van der Waals surface area (Å²) in [4.78, 5) is 15.6. The summed E-state index contributed by atoms with van der Waals surface area (Å²) >= 11 is 0. The molecule has 1 amide bonds. The Bertz CT molecular complexity index is 343. The number of rotatable bonds is 5. The van der Waals surface area contributed by atoms with Gasteiger partial charge in [0, 0.05) is 18.7 Å². The first kappa shape index (κ1) is 10.2. The topological polar surface area (TPSA) is 72.9 Å². The summed E-state index contributed by atoms with van der Waals surface area (Å²) in [6.07, 6.45) is 6.55. The average Bonchev–Trinajstić information content (AvgIpc) is 2.88. The molecular formula is C10H16N4O. The van der Waals surface area contributed by atoms with Crippen molar-refractivity contribution in [3.63, 3.8) is 0 Å². The monoisotopic (exact) mass is 208 g/mol. The minimum absolute atomic E-state index is 0.0641. The summed E-state index contributed by atoms with van der Waals surface area (Å²) < 4.78 is 1.79. The van der Waals surface area contributed by atoms with E-state index in [-0.39, 0.29) is 5.91 Å². The number of carbonyl (C=O) groups excluding carboxylic acids is 1. The van der Waals surface area contributed by atoms with Crippen LogP contribution in [0.25, 0.3) is 0 Å². The molecule has 0 atom stereocenters. The molecule has 5 nitrogen and oxygen atoms in total. The highest BCUT2D eigenvalue weighted by atomic mass is 16.2. The van der Waals surface area contributed by atoms with Gasteiger partial charge >= 0.3 is 0 Å². The molecule has 0 aliphatic heterocycles. The minimum Gasteiger partial charge on any atom is -0.352 e. The molecule has 1 fully saturated rings. The van der Waals surface area contributed by atoms with Crippen LogP contribution in [0.1, 0.15) is 18.5 Å². The van der Waals surface area contributed by atoms with Crippen LogP contribution in [0.15, 0.2) is 12.5 Å². The van der Waals surface area contributed by atoms with Crippen molar-refractivity contribution in [2.45, 2.75) is 31.8 Å². The molecule has 1 aliphatic rings. The molecule has 1 aliphatic carbocycles. The molecule has 0 radical (unpaired) electrons. The van der Waals surface area contributed by atoms with E-state index in [4.69, 9.17) is 5.73 Å². The molecule has 1 heterocycles. The Hall–Kier alpha value is -1.36. The fourth-order valence-corrected chi connectivity index (χ4v) is 1.44. The van der Waals surface area contributed by atoms with Gasteiger partial charge in [-0.2, -0.15) is 0 Å². The number of hydrogen-bond acceptors (Lipinski definition) is 3. The zero-order chi connectivity index (χ0) is 10.7. The van der Waals surface area contributed by atoms with E-state index >= 15 is 0 Å². The molecule has 2 rings (SSSR count). The number of aromatic nitrogens is 2. The number of nitrogens with two attached hydrogens (primary N) is 1. The Labute approximate surface area is 88.7 Å². The van der Waals surface area contributed by atoms with Crippen LogP contribution in [0.4, 0.5) is 0 Å². The number of amides is 1. The molecule has 82 valence electrons. The number of carbonyl (C=O) groups is 1. The van der Waals surface area contributed by atoms with Gasteiger partial charge in [0.25, 0.3) is 0 Å². The molecule has 0 unspecified atom stereocenters. The summed E-state index contributed by atoms with van der Waals surface area (Å²) in [5, 5.41) is 2.93. The van der Waals surface area contributed by atoms with Crippen molar-refractivity contribution in [1.82, 2.24) is 14.9 Å². The molecule has 1 aromatic rings. The highest BCUT2D eigenvalue weighted by molar-refractivity contribution is 5.76. The van der Waals surface area contributed by atoms with E-state index in [1.165, 1.54) is 0 Å². The molecule has 3 N–H and O–H groups in total. The van der Waals surface area contributed by atoms with E-state index in [0.29, 0.717) is 19.1 Å². The third kappa shape index (κ3) is 3.06. The number of imidazole rings is 1. The Morgan fingerprint density at radius 3 is 3.13 bits per heavy atom. The SMILES string of the molecule is NCCc1cn(CC(=O)NC2CC2)cn1. The summed E-state index contributed by atoms with van der Waals surface area (Å²) in [5.41, 5.74) is 6.36. The van der Waals surface area contributed by atoms with Gasteiger partial charge in [0.05, 0.1) is 12.0 Å². The molecular weight excluding hydrogens is 192 g/mol. The number of hydrogen-bond donors (Lipinski definition) is 2. The van der Waals surface area contributed by atoms with E-state index in [2.05, 4.69) is 10.3 Å². The van der Waals surface area contributed by atoms with Crippen molar-refractivity contribution >= 4 is 5.91 Å². The van der Waals surface area contributed by atoms with Gasteiger partial charge in [-0.3, -0.25) is 4.79 Å². The third-order valence-electron chi connectivity index (χ3n) is 2.36. The first-order valence-corrected chi connectivity index (χ1v) is 5.28. The molecule has 1 aromatic heterocycles. The Morgan fingerprint density at radius 1 is 1.67 bits per heavy atom. The van der Waals surface area contributed by atoms with E-state index in [1.54, 1.807) is 10.9 Å². The lowest BCUT2D eigenvalue weighted by Gasteiger charge is -2.02. The second-order valence-electron chi connectivity index (χ2n) is 3.92. The van der Waals surface area contributed by atoms with E-state index in [1.807, 2.05) is 6.20 Å². The van der Waals surface area contributed by atoms with Crippen molar-refractivity contribution in [1.29, 1.82) is 0 Å². The molecule has 0 aromatic carbocycles. The lowest BCUT2D eigenvalue weighted by atomic mass is 10.3. The zero-order valence-corrected chi connectivity index (χ0v) is 8.65. The van der Waals surface area contributed by atoms with Crippen LogP contribution < -0.4 is 11.1 Å². The first-order chi connectivity index (χ1) is 7.28.